The highest BCUT2D eigenvalue weighted by Crippen LogP contribution is 2.24. The van der Waals surface area contributed by atoms with E-state index in [-0.39, 0.29) is 0 Å². The highest BCUT2D eigenvalue weighted by Gasteiger charge is 2.23. The molecule has 3 rings (SSSR count). The normalized spacial score (nSPS) is 20.6. The maximum atomic E-state index is 6.12. The second-order valence-corrected chi connectivity index (χ2v) is 5.86. The number of aryl methyl sites for hydroxylation is 1. The van der Waals surface area contributed by atoms with Crippen LogP contribution in [0.4, 0.5) is 0 Å². The van der Waals surface area contributed by atoms with Crippen LogP contribution in [0.3, 0.4) is 0 Å². The van der Waals surface area contributed by atoms with Crippen molar-refractivity contribution in [1.82, 2.24) is 14.7 Å². The molecule has 0 saturated carbocycles. The fraction of sp³-hybridized carbons (Fsp3) is 0.562. The second-order valence-electron chi connectivity index (χ2n) is 5.55. The Kier molecular flexibility index (Phi) is 4.27. The molecular formula is C16H22ClN3. The van der Waals surface area contributed by atoms with E-state index < -0.39 is 0 Å². The Morgan fingerprint density at radius 1 is 1.30 bits per heavy atom. The summed E-state index contributed by atoms with van der Waals surface area (Å²) in [6.07, 6.45) is 3.80. The third-order valence-corrected chi connectivity index (χ3v) is 4.67. The van der Waals surface area contributed by atoms with E-state index in [2.05, 4.69) is 40.8 Å². The Morgan fingerprint density at radius 2 is 2.15 bits per heavy atom. The summed E-state index contributed by atoms with van der Waals surface area (Å²) in [5, 5.41) is 6.09. The zero-order chi connectivity index (χ0) is 13.9. The van der Waals surface area contributed by atoms with Crippen molar-refractivity contribution in [3.63, 3.8) is 0 Å². The molecule has 3 nitrogen and oxygen atoms in total. The Labute approximate surface area is 125 Å². The first-order chi connectivity index (χ1) is 9.83. The van der Waals surface area contributed by atoms with Crippen LogP contribution in [0.15, 0.2) is 24.3 Å². The monoisotopic (exact) mass is 291 g/mol. The molecule has 0 aliphatic carbocycles. The fourth-order valence-electron chi connectivity index (χ4n) is 3.19. The van der Waals surface area contributed by atoms with E-state index in [0.29, 0.717) is 6.04 Å². The summed E-state index contributed by atoms with van der Waals surface area (Å²) >= 11 is 6.12. The van der Waals surface area contributed by atoms with Crippen LogP contribution >= 0.6 is 11.6 Å². The van der Waals surface area contributed by atoms with Crippen molar-refractivity contribution in [2.24, 2.45) is 0 Å². The van der Waals surface area contributed by atoms with Crippen LogP contribution in [0.5, 0.6) is 0 Å². The zero-order valence-electron chi connectivity index (χ0n) is 12.1. The van der Waals surface area contributed by atoms with Crippen LogP contribution in [0.25, 0.3) is 10.9 Å². The molecule has 2 heterocycles. The number of nitrogens with zero attached hydrogens (tertiary/aromatic N) is 3. The van der Waals surface area contributed by atoms with E-state index >= 15 is 0 Å². The minimum Gasteiger partial charge on any atom is -0.293 e. The summed E-state index contributed by atoms with van der Waals surface area (Å²) in [6, 6.07) is 9.04. The minimum absolute atomic E-state index is 0.510. The fourth-order valence-corrected chi connectivity index (χ4v) is 3.54. The van der Waals surface area contributed by atoms with Gasteiger partial charge in [-0.15, -0.1) is 11.6 Å². The summed E-state index contributed by atoms with van der Waals surface area (Å²) in [7, 11) is 0. The van der Waals surface area contributed by atoms with Gasteiger partial charge in [0.05, 0.1) is 11.2 Å². The lowest BCUT2D eigenvalue weighted by molar-refractivity contribution is 0.153. The number of hydrogen-bond acceptors (Lipinski definition) is 2. The lowest BCUT2D eigenvalue weighted by Gasteiger charge is -2.34. The maximum Gasteiger partial charge on any atom is 0.0843 e. The molecule has 0 amide bonds. The SMILES string of the molecule is CCn1nc(CN2CCCCC2CCl)c2ccccc21. The van der Waals surface area contributed by atoms with E-state index in [9.17, 15) is 0 Å². The number of piperidine rings is 1. The van der Waals surface area contributed by atoms with Crippen molar-refractivity contribution in [2.45, 2.75) is 45.3 Å². The molecular weight excluding hydrogens is 270 g/mol. The number of hydrogen-bond donors (Lipinski definition) is 0. The molecule has 1 fully saturated rings. The number of benzene rings is 1. The average molecular weight is 292 g/mol. The zero-order valence-corrected chi connectivity index (χ0v) is 12.8. The van der Waals surface area contributed by atoms with E-state index in [0.717, 1.165) is 25.5 Å². The van der Waals surface area contributed by atoms with E-state index in [1.807, 2.05) is 0 Å². The molecule has 20 heavy (non-hydrogen) atoms. The van der Waals surface area contributed by atoms with Gasteiger partial charge in [-0.05, 0) is 32.4 Å². The third kappa shape index (κ3) is 2.57. The van der Waals surface area contributed by atoms with Gasteiger partial charge < -0.3 is 0 Å². The van der Waals surface area contributed by atoms with Gasteiger partial charge in [0.25, 0.3) is 0 Å². The van der Waals surface area contributed by atoms with Crippen molar-refractivity contribution in [2.75, 3.05) is 12.4 Å². The summed E-state index contributed by atoms with van der Waals surface area (Å²) in [5.74, 6) is 0.729. The quantitative estimate of drug-likeness (QED) is 0.802. The number of aromatic nitrogens is 2. The van der Waals surface area contributed by atoms with Crippen molar-refractivity contribution >= 4 is 22.5 Å². The van der Waals surface area contributed by atoms with Crippen LogP contribution in [-0.2, 0) is 13.1 Å². The van der Waals surface area contributed by atoms with Crippen LogP contribution in [-0.4, -0.2) is 33.1 Å². The van der Waals surface area contributed by atoms with Gasteiger partial charge in [0.2, 0.25) is 0 Å². The summed E-state index contributed by atoms with van der Waals surface area (Å²) in [5.41, 5.74) is 2.43. The van der Waals surface area contributed by atoms with Gasteiger partial charge >= 0.3 is 0 Å². The smallest absolute Gasteiger partial charge is 0.0843 e. The minimum atomic E-state index is 0.510. The first-order valence-electron chi connectivity index (χ1n) is 7.58. The Balaban J connectivity index is 1.90. The van der Waals surface area contributed by atoms with E-state index in [1.54, 1.807) is 0 Å². The molecule has 0 radical (unpaired) electrons. The standard InChI is InChI=1S/C16H22ClN3/c1-2-20-16-9-4-3-8-14(16)15(18-20)12-19-10-6-5-7-13(19)11-17/h3-4,8-9,13H,2,5-7,10-12H2,1H3. The third-order valence-electron chi connectivity index (χ3n) is 4.31. The number of rotatable bonds is 4. The molecule has 0 bridgehead atoms. The first kappa shape index (κ1) is 13.9. The van der Waals surface area contributed by atoms with Crippen molar-refractivity contribution < 1.29 is 0 Å². The van der Waals surface area contributed by atoms with Gasteiger partial charge in [-0.25, -0.2) is 0 Å². The highest BCUT2D eigenvalue weighted by atomic mass is 35.5. The van der Waals surface area contributed by atoms with Gasteiger partial charge in [-0.2, -0.15) is 5.10 Å². The molecule has 1 aromatic carbocycles. The highest BCUT2D eigenvalue weighted by molar-refractivity contribution is 6.18. The van der Waals surface area contributed by atoms with E-state index in [1.165, 1.54) is 35.9 Å². The number of likely N-dealkylation sites (tertiary alicyclic amines) is 1. The number of fused-ring (bicyclic) bond motifs is 1. The number of halogens is 1. The van der Waals surface area contributed by atoms with Gasteiger partial charge in [-0.1, -0.05) is 24.6 Å². The topological polar surface area (TPSA) is 21.1 Å². The molecule has 1 unspecified atom stereocenters. The molecule has 1 aliphatic heterocycles. The average Bonchev–Trinajstić information content (AvgIpc) is 2.86. The first-order valence-corrected chi connectivity index (χ1v) is 8.11. The largest absolute Gasteiger partial charge is 0.293 e. The van der Waals surface area contributed by atoms with Crippen molar-refractivity contribution in [3.05, 3.63) is 30.0 Å². The predicted molar refractivity (Wildman–Crippen MR) is 84.2 cm³/mol. The van der Waals surface area contributed by atoms with Crippen LogP contribution in [0.1, 0.15) is 31.9 Å². The van der Waals surface area contributed by atoms with Gasteiger partial charge in [0.1, 0.15) is 0 Å². The van der Waals surface area contributed by atoms with Gasteiger partial charge in [0.15, 0.2) is 0 Å². The molecule has 4 heteroatoms. The van der Waals surface area contributed by atoms with Crippen LogP contribution in [0, 0.1) is 0 Å². The summed E-state index contributed by atoms with van der Waals surface area (Å²) < 4.78 is 2.10. The second kappa shape index (κ2) is 6.15. The van der Waals surface area contributed by atoms with Crippen molar-refractivity contribution in [3.8, 4) is 0 Å². The van der Waals surface area contributed by atoms with Crippen molar-refractivity contribution in [1.29, 1.82) is 0 Å². The lowest BCUT2D eigenvalue weighted by Crippen LogP contribution is -2.40. The molecule has 1 atom stereocenters. The van der Waals surface area contributed by atoms with Gasteiger partial charge in [-0.3, -0.25) is 9.58 Å². The maximum absolute atomic E-state index is 6.12. The molecule has 0 spiro atoms. The number of alkyl halides is 1. The van der Waals surface area contributed by atoms with Crippen LogP contribution < -0.4 is 0 Å². The molecule has 1 aromatic heterocycles. The Hall–Kier alpha value is -1.06. The van der Waals surface area contributed by atoms with Gasteiger partial charge in [0, 0.05) is 30.4 Å². The predicted octanol–water partition coefficient (Wildman–Crippen LogP) is 3.65. The molecule has 1 aliphatic rings. The summed E-state index contributed by atoms with van der Waals surface area (Å²) in [4.78, 5) is 2.51. The molecule has 108 valence electrons. The van der Waals surface area contributed by atoms with E-state index in [4.69, 9.17) is 16.7 Å². The summed E-state index contributed by atoms with van der Waals surface area (Å²) in [6.45, 7) is 5.13. The Bertz CT molecular complexity index is 578. The molecule has 2 aromatic rings. The lowest BCUT2D eigenvalue weighted by atomic mass is 10.0. The van der Waals surface area contributed by atoms with Crippen LogP contribution in [0.2, 0.25) is 0 Å². The molecule has 0 N–H and O–H groups in total. The Morgan fingerprint density at radius 3 is 2.95 bits per heavy atom. The number of para-hydroxylation sites is 1. The molecule has 1 saturated heterocycles.